The fraction of sp³-hybridized carbons (Fsp3) is 0.158. The van der Waals surface area contributed by atoms with E-state index in [-0.39, 0.29) is 5.91 Å². The van der Waals surface area contributed by atoms with Crippen molar-refractivity contribution in [1.82, 2.24) is 9.78 Å². The number of amides is 1. The largest absolute Gasteiger partial charge is 0.493 e. The van der Waals surface area contributed by atoms with Crippen LogP contribution in [0.15, 0.2) is 48.7 Å². The number of benzene rings is 2. The van der Waals surface area contributed by atoms with Crippen molar-refractivity contribution < 1.29 is 14.3 Å². The van der Waals surface area contributed by atoms with E-state index >= 15 is 0 Å². The normalized spacial score (nSPS) is 10.5. The van der Waals surface area contributed by atoms with Gasteiger partial charge in [0.05, 0.1) is 20.8 Å². The molecule has 1 N–H and O–H groups in total. The molecule has 1 amide bonds. The number of nitrogens with one attached hydrogen (secondary N) is 1. The van der Waals surface area contributed by atoms with Gasteiger partial charge in [-0.3, -0.25) is 9.48 Å². The van der Waals surface area contributed by atoms with Crippen LogP contribution in [0.3, 0.4) is 0 Å². The Morgan fingerprint density at radius 3 is 2.44 bits per heavy atom. The van der Waals surface area contributed by atoms with Crippen LogP contribution in [-0.4, -0.2) is 29.9 Å². The molecule has 0 spiro atoms. The van der Waals surface area contributed by atoms with Gasteiger partial charge < -0.3 is 14.8 Å². The first kappa shape index (κ1) is 19.1. The first-order valence-electron chi connectivity index (χ1n) is 8.01. The average Bonchev–Trinajstić information content (AvgIpc) is 3.11. The summed E-state index contributed by atoms with van der Waals surface area (Å²) in [5.74, 6) is 1.13. The van der Waals surface area contributed by atoms with Crippen molar-refractivity contribution in [2.75, 3.05) is 19.5 Å². The predicted octanol–water partition coefficient (Wildman–Crippen LogP) is 4.51. The molecular weight excluding hydrogens is 389 g/mol. The zero-order valence-electron chi connectivity index (χ0n) is 14.7. The van der Waals surface area contributed by atoms with E-state index in [1.807, 2.05) is 0 Å². The first-order chi connectivity index (χ1) is 13.0. The molecular formula is C19H17Cl2N3O3. The van der Waals surface area contributed by atoms with E-state index in [1.54, 1.807) is 53.3 Å². The summed E-state index contributed by atoms with van der Waals surface area (Å²) in [5, 5.41) is 8.22. The standard InChI is InChI=1S/C19H17Cl2N3O3/c1-26-16-7-6-12(10-17(16)27-2)19(25)22-18-8-9-24(23-18)11-13-14(20)4-3-5-15(13)21/h3-10H,11H2,1-2H3,(H,22,23,25). The van der Waals surface area contributed by atoms with Gasteiger partial charge in [0.1, 0.15) is 0 Å². The Kier molecular flexibility index (Phi) is 5.88. The lowest BCUT2D eigenvalue weighted by atomic mass is 10.2. The van der Waals surface area contributed by atoms with Gasteiger partial charge in [0.15, 0.2) is 17.3 Å². The molecule has 2 aromatic carbocycles. The van der Waals surface area contributed by atoms with Crippen LogP contribution in [0.1, 0.15) is 15.9 Å². The monoisotopic (exact) mass is 405 g/mol. The Bertz CT molecular complexity index is 952. The number of halogens is 2. The van der Waals surface area contributed by atoms with Gasteiger partial charge in [-0.2, -0.15) is 5.10 Å². The van der Waals surface area contributed by atoms with Gasteiger partial charge >= 0.3 is 0 Å². The van der Waals surface area contributed by atoms with Crippen molar-refractivity contribution in [3.8, 4) is 11.5 Å². The number of nitrogens with zero attached hydrogens (tertiary/aromatic N) is 2. The van der Waals surface area contributed by atoms with Crippen molar-refractivity contribution in [2.45, 2.75) is 6.54 Å². The van der Waals surface area contributed by atoms with E-state index in [2.05, 4.69) is 10.4 Å². The van der Waals surface area contributed by atoms with Gasteiger partial charge in [-0.1, -0.05) is 29.3 Å². The van der Waals surface area contributed by atoms with E-state index in [0.29, 0.717) is 39.5 Å². The molecule has 0 saturated heterocycles. The first-order valence-corrected chi connectivity index (χ1v) is 8.77. The highest BCUT2D eigenvalue weighted by molar-refractivity contribution is 6.35. The Hall–Kier alpha value is -2.70. The lowest BCUT2D eigenvalue weighted by Gasteiger charge is -2.09. The van der Waals surface area contributed by atoms with Crippen molar-refractivity contribution in [1.29, 1.82) is 0 Å². The molecule has 140 valence electrons. The minimum absolute atomic E-state index is 0.308. The summed E-state index contributed by atoms with van der Waals surface area (Å²) in [6.45, 7) is 0.394. The number of methoxy groups -OCH3 is 2. The maximum Gasteiger partial charge on any atom is 0.257 e. The fourth-order valence-electron chi connectivity index (χ4n) is 2.53. The third-order valence-electron chi connectivity index (χ3n) is 3.91. The lowest BCUT2D eigenvalue weighted by Crippen LogP contribution is -2.13. The number of carbonyl (C=O) groups is 1. The van der Waals surface area contributed by atoms with E-state index in [0.717, 1.165) is 5.56 Å². The van der Waals surface area contributed by atoms with Gasteiger partial charge in [-0.05, 0) is 30.3 Å². The number of hydrogen-bond acceptors (Lipinski definition) is 4. The van der Waals surface area contributed by atoms with Crippen LogP contribution in [0.2, 0.25) is 10.0 Å². The smallest absolute Gasteiger partial charge is 0.257 e. The van der Waals surface area contributed by atoms with Gasteiger partial charge in [-0.15, -0.1) is 0 Å². The summed E-state index contributed by atoms with van der Waals surface area (Å²) in [6.07, 6.45) is 1.74. The van der Waals surface area contributed by atoms with E-state index in [9.17, 15) is 4.79 Å². The van der Waals surface area contributed by atoms with E-state index in [1.165, 1.54) is 14.2 Å². The number of carbonyl (C=O) groups excluding carboxylic acids is 1. The lowest BCUT2D eigenvalue weighted by molar-refractivity contribution is 0.102. The minimum Gasteiger partial charge on any atom is -0.493 e. The SMILES string of the molecule is COc1ccc(C(=O)Nc2ccn(Cc3c(Cl)cccc3Cl)n2)cc1OC. The Morgan fingerprint density at radius 2 is 1.78 bits per heavy atom. The minimum atomic E-state index is -0.308. The highest BCUT2D eigenvalue weighted by Gasteiger charge is 2.13. The van der Waals surface area contributed by atoms with Gasteiger partial charge in [0.25, 0.3) is 5.91 Å². The van der Waals surface area contributed by atoms with Crippen LogP contribution in [0.25, 0.3) is 0 Å². The molecule has 0 aliphatic heterocycles. The molecule has 0 saturated carbocycles. The summed E-state index contributed by atoms with van der Waals surface area (Å²) in [7, 11) is 3.05. The Morgan fingerprint density at radius 1 is 1.07 bits per heavy atom. The second-order valence-electron chi connectivity index (χ2n) is 5.62. The van der Waals surface area contributed by atoms with Crippen LogP contribution < -0.4 is 14.8 Å². The van der Waals surface area contributed by atoms with Crippen LogP contribution in [0.5, 0.6) is 11.5 Å². The number of ether oxygens (including phenoxy) is 2. The van der Waals surface area contributed by atoms with Gasteiger partial charge in [-0.25, -0.2) is 0 Å². The molecule has 1 aromatic heterocycles. The van der Waals surface area contributed by atoms with Crippen LogP contribution >= 0.6 is 23.2 Å². The molecule has 1 heterocycles. The van der Waals surface area contributed by atoms with E-state index in [4.69, 9.17) is 32.7 Å². The van der Waals surface area contributed by atoms with Gasteiger partial charge in [0.2, 0.25) is 0 Å². The van der Waals surface area contributed by atoms with Crippen LogP contribution in [0, 0.1) is 0 Å². The number of hydrogen-bond donors (Lipinski definition) is 1. The fourth-order valence-corrected chi connectivity index (χ4v) is 3.04. The van der Waals surface area contributed by atoms with Crippen molar-refractivity contribution in [2.24, 2.45) is 0 Å². The highest BCUT2D eigenvalue weighted by Crippen LogP contribution is 2.28. The second-order valence-corrected chi connectivity index (χ2v) is 6.44. The molecule has 0 radical (unpaired) electrons. The number of rotatable bonds is 6. The third kappa shape index (κ3) is 4.35. The molecule has 3 rings (SSSR count). The molecule has 27 heavy (non-hydrogen) atoms. The molecule has 0 unspecified atom stereocenters. The molecule has 0 bridgehead atoms. The summed E-state index contributed by atoms with van der Waals surface area (Å²) >= 11 is 12.4. The average molecular weight is 406 g/mol. The summed E-state index contributed by atoms with van der Waals surface area (Å²) in [4.78, 5) is 12.5. The number of aromatic nitrogens is 2. The quantitative estimate of drug-likeness (QED) is 0.655. The Labute approximate surface area is 166 Å². The number of anilines is 1. The maximum absolute atomic E-state index is 12.5. The summed E-state index contributed by atoms with van der Waals surface area (Å²) in [5.41, 5.74) is 1.19. The van der Waals surface area contributed by atoms with E-state index < -0.39 is 0 Å². The molecule has 8 heteroatoms. The van der Waals surface area contributed by atoms with Crippen LogP contribution in [0.4, 0.5) is 5.82 Å². The molecule has 0 atom stereocenters. The summed E-state index contributed by atoms with van der Waals surface area (Å²) in [6, 6.07) is 11.9. The predicted molar refractivity (Wildman–Crippen MR) is 105 cm³/mol. The molecule has 3 aromatic rings. The van der Waals surface area contributed by atoms with Crippen molar-refractivity contribution >= 4 is 34.9 Å². The van der Waals surface area contributed by atoms with Gasteiger partial charge in [0, 0.05) is 33.4 Å². The molecule has 0 aliphatic rings. The molecule has 0 fully saturated rings. The third-order valence-corrected chi connectivity index (χ3v) is 4.62. The second kappa shape index (κ2) is 8.33. The molecule has 0 aliphatic carbocycles. The van der Waals surface area contributed by atoms with Crippen molar-refractivity contribution in [3.63, 3.8) is 0 Å². The molecule has 6 nitrogen and oxygen atoms in total. The Balaban J connectivity index is 1.73. The zero-order chi connectivity index (χ0) is 19.4. The maximum atomic E-state index is 12.5. The van der Waals surface area contributed by atoms with Crippen LogP contribution in [-0.2, 0) is 6.54 Å². The van der Waals surface area contributed by atoms with Crippen molar-refractivity contribution in [3.05, 3.63) is 69.8 Å². The summed E-state index contributed by atoms with van der Waals surface area (Å²) < 4.78 is 12.0. The highest BCUT2D eigenvalue weighted by atomic mass is 35.5. The topological polar surface area (TPSA) is 65.4 Å². The zero-order valence-corrected chi connectivity index (χ0v) is 16.2.